The SMILES string of the molecule is CC(C)(N=Cc1ccccc1)C(C)(C)N=Cc1ccccc1. The van der Waals surface area contributed by atoms with E-state index in [4.69, 9.17) is 9.98 Å². The van der Waals surface area contributed by atoms with Crippen LogP contribution in [0.4, 0.5) is 0 Å². The quantitative estimate of drug-likeness (QED) is 0.708. The van der Waals surface area contributed by atoms with Gasteiger partial charge in [0.05, 0.1) is 11.1 Å². The van der Waals surface area contributed by atoms with Gasteiger partial charge in [-0.15, -0.1) is 0 Å². The van der Waals surface area contributed by atoms with Crippen LogP contribution >= 0.6 is 0 Å². The molecule has 0 unspecified atom stereocenters. The number of hydrogen-bond acceptors (Lipinski definition) is 2. The Morgan fingerprint density at radius 3 is 1.23 bits per heavy atom. The van der Waals surface area contributed by atoms with Gasteiger partial charge in [0.2, 0.25) is 0 Å². The van der Waals surface area contributed by atoms with Gasteiger partial charge in [-0.05, 0) is 38.8 Å². The molecule has 22 heavy (non-hydrogen) atoms. The average Bonchev–Trinajstić information content (AvgIpc) is 2.53. The van der Waals surface area contributed by atoms with E-state index in [1.807, 2.05) is 48.8 Å². The summed E-state index contributed by atoms with van der Waals surface area (Å²) in [6.07, 6.45) is 3.86. The number of nitrogens with zero attached hydrogens (tertiary/aromatic N) is 2. The summed E-state index contributed by atoms with van der Waals surface area (Å²) in [5.74, 6) is 0. The lowest BCUT2D eigenvalue weighted by atomic mass is 9.83. The van der Waals surface area contributed by atoms with E-state index < -0.39 is 0 Å². The third kappa shape index (κ3) is 4.14. The van der Waals surface area contributed by atoms with Crippen molar-refractivity contribution in [3.8, 4) is 0 Å². The lowest BCUT2D eigenvalue weighted by Crippen LogP contribution is -2.42. The van der Waals surface area contributed by atoms with Gasteiger partial charge in [-0.2, -0.15) is 0 Å². The van der Waals surface area contributed by atoms with E-state index in [-0.39, 0.29) is 11.1 Å². The lowest BCUT2D eigenvalue weighted by Gasteiger charge is -2.35. The molecule has 114 valence electrons. The molecule has 0 amide bonds. The Labute approximate surface area is 133 Å². The first kappa shape index (κ1) is 16.2. The number of rotatable bonds is 5. The summed E-state index contributed by atoms with van der Waals surface area (Å²) in [6, 6.07) is 20.3. The first-order chi connectivity index (χ1) is 10.4. The first-order valence-electron chi connectivity index (χ1n) is 7.61. The largest absolute Gasteiger partial charge is 0.284 e. The summed E-state index contributed by atoms with van der Waals surface area (Å²) in [5, 5.41) is 0. The molecule has 0 fully saturated rings. The van der Waals surface area contributed by atoms with Crippen molar-refractivity contribution in [1.29, 1.82) is 0 Å². The van der Waals surface area contributed by atoms with Crippen molar-refractivity contribution >= 4 is 12.4 Å². The molecular weight excluding hydrogens is 268 g/mol. The van der Waals surface area contributed by atoms with Crippen molar-refractivity contribution in [3.63, 3.8) is 0 Å². The topological polar surface area (TPSA) is 24.7 Å². The van der Waals surface area contributed by atoms with E-state index in [0.29, 0.717) is 0 Å². The normalized spacial score (nSPS) is 13.1. The molecule has 2 rings (SSSR count). The van der Waals surface area contributed by atoms with Crippen molar-refractivity contribution in [2.24, 2.45) is 9.98 Å². The van der Waals surface area contributed by atoms with Gasteiger partial charge in [0, 0.05) is 12.4 Å². The van der Waals surface area contributed by atoms with Crippen LogP contribution in [0.15, 0.2) is 70.6 Å². The van der Waals surface area contributed by atoms with Crippen LogP contribution in [0, 0.1) is 0 Å². The second-order valence-corrected chi connectivity index (χ2v) is 6.46. The highest BCUT2D eigenvalue weighted by Crippen LogP contribution is 2.29. The Hall–Kier alpha value is -2.22. The van der Waals surface area contributed by atoms with Crippen molar-refractivity contribution in [1.82, 2.24) is 0 Å². The predicted octanol–water partition coefficient (Wildman–Crippen LogP) is 4.78. The van der Waals surface area contributed by atoms with E-state index in [9.17, 15) is 0 Å². The molecule has 2 heteroatoms. The van der Waals surface area contributed by atoms with Gasteiger partial charge in [-0.3, -0.25) is 9.98 Å². The second kappa shape index (κ2) is 6.69. The van der Waals surface area contributed by atoms with Crippen molar-refractivity contribution in [2.45, 2.75) is 38.8 Å². The third-order valence-corrected chi connectivity index (χ3v) is 4.17. The Morgan fingerprint density at radius 2 is 0.909 bits per heavy atom. The molecule has 0 atom stereocenters. The molecule has 0 heterocycles. The molecule has 0 bridgehead atoms. The van der Waals surface area contributed by atoms with Crippen molar-refractivity contribution in [3.05, 3.63) is 71.8 Å². The molecule has 2 aromatic carbocycles. The highest BCUT2D eigenvalue weighted by atomic mass is 15.0. The van der Waals surface area contributed by atoms with Gasteiger partial charge < -0.3 is 0 Å². The monoisotopic (exact) mass is 292 g/mol. The average molecular weight is 292 g/mol. The van der Waals surface area contributed by atoms with Gasteiger partial charge >= 0.3 is 0 Å². The van der Waals surface area contributed by atoms with Gasteiger partial charge in [-0.25, -0.2) is 0 Å². The minimum Gasteiger partial charge on any atom is -0.284 e. The van der Waals surface area contributed by atoms with Gasteiger partial charge in [0.25, 0.3) is 0 Å². The van der Waals surface area contributed by atoms with Crippen LogP contribution in [0.3, 0.4) is 0 Å². The summed E-state index contributed by atoms with van der Waals surface area (Å²) in [5.41, 5.74) is 1.62. The van der Waals surface area contributed by atoms with Crippen LogP contribution in [-0.4, -0.2) is 23.5 Å². The van der Waals surface area contributed by atoms with Crippen molar-refractivity contribution < 1.29 is 0 Å². The van der Waals surface area contributed by atoms with E-state index in [2.05, 4.69) is 52.0 Å². The van der Waals surface area contributed by atoms with Crippen LogP contribution in [0.2, 0.25) is 0 Å². The molecule has 0 aromatic heterocycles. The van der Waals surface area contributed by atoms with Crippen LogP contribution in [0.5, 0.6) is 0 Å². The zero-order valence-electron chi connectivity index (χ0n) is 13.8. The summed E-state index contributed by atoms with van der Waals surface area (Å²) in [7, 11) is 0. The summed E-state index contributed by atoms with van der Waals surface area (Å²) >= 11 is 0. The maximum atomic E-state index is 4.77. The van der Waals surface area contributed by atoms with E-state index in [0.717, 1.165) is 11.1 Å². The Balaban J connectivity index is 2.16. The maximum absolute atomic E-state index is 4.77. The minimum atomic E-state index is -0.297. The van der Waals surface area contributed by atoms with Crippen LogP contribution in [0.25, 0.3) is 0 Å². The summed E-state index contributed by atoms with van der Waals surface area (Å²) in [4.78, 5) is 9.54. The Bertz CT molecular complexity index is 578. The summed E-state index contributed by atoms with van der Waals surface area (Å²) in [6.45, 7) is 8.48. The number of benzene rings is 2. The zero-order valence-corrected chi connectivity index (χ0v) is 13.8. The maximum Gasteiger partial charge on any atom is 0.0797 e. The molecular formula is C20H24N2. The van der Waals surface area contributed by atoms with E-state index in [1.54, 1.807) is 0 Å². The van der Waals surface area contributed by atoms with Gasteiger partial charge in [-0.1, -0.05) is 60.7 Å². The molecule has 0 spiro atoms. The van der Waals surface area contributed by atoms with Crippen molar-refractivity contribution in [2.75, 3.05) is 0 Å². The molecule has 0 N–H and O–H groups in total. The van der Waals surface area contributed by atoms with Crippen LogP contribution in [-0.2, 0) is 0 Å². The molecule has 2 aromatic rings. The molecule has 0 saturated carbocycles. The Kier molecular flexibility index (Phi) is 4.92. The highest BCUT2D eigenvalue weighted by Gasteiger charge is 2.35. The molecule has 0 aliphatic rings. The highest BCUT2D eigenvalue weighted by molar-refractivity contribution is 5.81. The standard InChI is InChI=1S/C20H24N2/c1-19(2,21-15-17-11-7-5-8-12-17)20(3,4)22-16-18-13-9-6-10-14-18/h5-16H,1-4H3. The molecule has 0 radical (unpaired) electrons. The minimum absolute atomic E-state index is 0.297. The van der Waals surface area contributed by atoms with E-state index >= 15 is 0 Å². The summed E-state index contributed by atoms with van der Waals surface area (Å²) < 4.78 is 0. The second-order valence-electron chi connectivity index (χ2n) is 6.46. The number of aliphatic imine (C=N–C) groups is 2. The van der Waals surface area contributed by atoms with Gasteiger partial charge in [0.1, 0.15) is 0 Å². The molecule has 2 nitrogen and oxygen atoms in total. The van der Waals surface area contributed by atoms with Gasteiger partial charge in [0.15, 0.2) is 0 Å². The number of hydrogen-bond donors (Lipinski definition) is 0. The van der Waals surface area contributed by atoms with Crippen LogP contribution in [0.1, 0.15) is 38.8 Å². The lowest BCUT2D eigenvalue weighted by molar-refractivity contribution is 0.317. The molecule has 0 aliphatic heterocycles. The predicted molar refractivity (Wildman–Crippen MR) is 96.2 cm³/mol. The fourth-order valence-electron chi connectivity index (χ4n) is 1.87. The molecule has 0 aliphatic carbocycles. The third-order valence-electron chi connectivity index (χ3n) is 4.17. The fourth-order valence-corrected chi connectivity index (χ4v) is 1.87. The smallest absolute Gasteiger partial charge is 0.0797 e. The Morgan fingerprint density at radius 1 is 0.591 bits per heavy atom. The van der Waals surface area contributed by atoms with E-state index in [1.165, 1.54) is 0 Å². The van der Waals surface area contributed by atoms with Crippen LogP contribution < -0.4 is 0 Å². The fraction of sp³-hybridized carbons (Fsp3) is 0.300. The zero-order chi connectivity index (χ0) is 16.1. The first-order valence-corrected chi connectivity index (χ1v) is 7.61. The molecule has 0 saturated heterocycles.